The number of ether oxygens (including phenoxy) is 1. The first-order chi connectivity index (χ1) is 12.3. The molecule has 0 aromatic heterocycles. The van der Waals surface area contributed by atoms with E-state index in [0.29, 0.717) is 38.9 Å². The van der Waals surface area contributed by atoms with Gasteiger partial charge in [0, 0.05) is 19.8 Å². The molecule has 1 aliphatic heterocycles. The highest BCUT2D eigenvalue weighted by Gasteiger charge is 2.40. The van der Waals surface area contributed by atoms with Gasteiger partial charge in [-0.3, -0.25) is 9.59 Å². The Morgan fingerprint density at radius 2 is 1.81 bits per heavy atom. The van der Waals surface area contributed by atoms with Crippen LogP contribution in [-0.4, -0.2) is 56.7 Å². The molecular weight excluding hydrogens is 358 g/mol. The fourth-order valence-electron chi connectivity index (χ4n) is 2.96. The molecule has 0 spiro atoms. The van der Waals surface area contributed by atoms with E-state index in [-0.39, 0.29) is 12.3 Å². The molecule has 0 aliphatic carbocycles. The third-order valence-corrected chi connectivity index (χ3v) is 6.25. The van der Waals surface area contributed by atoms with Crippen LogP contribution >= 0.6 is 0 Å². The van der Waals surface area contributed by atoms with Crippen molar-refractivity contribution in [1.82, 2.24) is 5.32 Å². The van der Waals surface area contributed by atoms with Gasteiger partial charge < -0.3 is 15.2 Å². The number of amides is 1. The zero-order valence-corrected chi connectivity index (χ0v) is 15.5. The van der Waals surface area contributed by atoms with E-state index in [0.717, 1.165) is 5.56 Å². The largest absolute Gasteiger partial charge is 0.481 e. The van der Waals surface area contributed by atoms with Gasteiger partial charge in [-0.05, 0) is 31.2 Å². The summed E-state index contributed by atoms with van der Waals surface area (Å²) in [5.41, 5.74) is -0.0274. The molecule has 0 bridgehead atoms. The van der Waals surface area contributed by atoms with Gasteiger partial charge in [0.25, 0.3) is 0 Å². The fourth-order valence-corrected chi connectivity index (χ4v) is 4.19. The van der Waals surface area contributed by atoms with Crippen molar-refractivity contribution in [3.63, 3.8) is 0 Å². The fraction of sp³-hybridized carbons (Fsp3) is 0.556. The highest BCUT2D eigenvalue weighted by atomic mass is 32.2. The minimum Gasteiger partial charge on any atom is -0.481 e. The molecule has 0 radical (unpaired) electrons. The van der Waals surface area contributed by atoms with Crippen LogP contribution in [0, 0.1) is 5.41 Å². The summed E-state index contributed by atoms with van der Waals surface area (Å²) in [6, 6.07) is 9.54. The van der Waals surface area contributed by atoms with Gasteiger partial charge in [-0.1, -0.05) is 30.3 Å². The minimum atomic E-state index is -3.53. The lowest BCUT2D eigenvalue weighted by Gasteiger charge is -2.33. The summed E-state index contributed by atoms with van der Waals surface area (Å²) in [6.07, 6.45) is 1.67. The normalized spacial score (nSPS) is 16.8. The molecule has 1 aromatic rings. The standard InChI is InChI=1S/C18H25NO6S/c20-16(19-14-18(17(21)22)8-10-25-11-9-18)13-26(23,24)12-4-7-15-5-2-1-3-6-15/h1-3,5-6H,4,7-14H2,(H,19,20)(H,21,22). The van der Waals surface area contributed by atoms with E-state index in [9.17, 15) is 23.1 Å². The Balaban J connectivity index is 1.79. The molecule has 0 atom stereocenters. The lowest BCUT2D eigenvalue weighted by Crippen LogP contribution is -2.47. The van der Waals surface area contributed by atoms with Gasteiger partial charge >= 0.3 is 5.97 Å². The van der Waals surface area contributed by atoms with Gasteiger partial charge in [0.05, 0.1) is 11.2 Å². The van der Waals surface area contributed by atoms with E-state index in [2.05, 4.69) is 5.32 Å². The van der Waals surface area contributed by atoms with Gasteiger partial charge in [0.2, 0.25) is 5.91 Å². The maximum absolute atomic E-state index is 12.1. The first kappa shape index (κ1) is 20.4. The predicted octanol–water partition coefficient (Wildman–Crippen LogP) is 1.03. The number of nitrogens with one attached hydrogen (secondary N) is 1. The second-order valence-electron chi connectivity index (χ2n) is 6.66. The van der Waals surface area contributed by atoms with Crippen molar-refractivity contribution in [3.8, 4) is 0 Å². The first-order valence-corrected chi connectivity index (χ1v) is 10.5. The molecule has 0 saturated carbocycles. The average Bonchev–Trinajstić information content (AvgIpc) is 2.61. The van der Waals surface area contributed by atoms with Gasteiger partial charge in [0.15, 0.2) is 9.84 Å². The molecule has 144 valence electrons. The molecule has 1 heterocycles. The van der Waals surface area contributed by atoms with Crippen LogP contribution in [0.1, 0.15) is 24.8 Å². The molecule has 8 heteroatoms. The van der Waals surface area contributed by atoms with E-state index in [4.69, 9.17) is 4.74 Å². The number of hydrogen-bond donors (Lipinski definition) is 2. The smallest absolute Gasteiger partial charge is 0.311 e. The van der Waals surface area contributed by atoms with Gasteiger partial charge in [0.1, 0.15) is 5.75 Å². The van der Waals surface area contributed by atoms with Crippen molar-refractivity contribution in [1.29, 1.82) is 0 Å². The van der Waals surface area contributed by atoms with Crippen molar-refractivity contribution >= 4 is 21.7 Å². The van der Waals surface area contributed by atoms with Crippen LogP contribution in [0.4, 0.5) is 0 Å². The summed E-state index contributed by atoms with van der Waals surface area (Å²) < 4.78 is 29.4. The number of hydrogen-bond acceptors (Lipinski definition) is 5. The summed E-state index contributed by atoms with van der Waals surface area (Å²) in [5, 5.41) is 11.9. The van der Waals surface area contributed by atoms with E-state index in [1.807, 2.05) is 30.3 Å². The number of sulfone groups is 1. The number of rotatable bonds is 9. The molecule has 2 N–H and O–H groups in total. The first-order valence-electron chi connectivity index (χ1n) is 8.65. The Bertz CT molecular complexity index is 710. The lowest BCUT2D eigenvalue weighted by molar-refractivity contribution is -0.154. The number of aliphatic carboxylic acids is 1. The highest BCUT2D eigenvalue weighted by molar-refractivity contribution is 7.92. The highest BCUT2D eigenvalue weighted by Crippen LogP contribution is 2.30. The minimum absolute atomic E-state index is 0.0762. The zero-order chi connectivity index (χ0) is 19.0. The van der Waals surface area contributed by atoms with E-state index < -0.39 is 32.9 Å². The van der Waals surface area contributed by atoms with Crippen molar-refractivity contribution in [2.45, 2.75) is 25.7 Å². The molecule has 0 unspecified atom stereocenters. The van der Waals surface area contributed by atoms with Crippen molar-refractivity contribution in [2.24, 2.45) is 5.41 Å². The lowest BCUT2D eigenvalue weighted by atomic mass is 9.80. The quantitative estimate of drug-likeness (QED) is 0.659. The van der Waals surface area contributed by atoms with Crippen LogP contribution in [0.25, 0.3) is 0 Å². The van der Waals surface area contributed by atoms with E-state index in [1.54, 1.807) is 0 Å². The molecule has 1 aliphatic rings. The maximum Gasteiger partial charge on any atom is 0.311 e. The molecular formula is C18H25NO6S. The maximum atomic E-state index is 12.1. The predicted molar refractivity (Wildman–Crippen MR) is 96.5 cm³/mol. The Kier molecular flexibility index (Phi) is 7.16. The summed E-state index contributed by atoms with van der Waals surface area (Å²) in [7, 11) is -3.53. The van der Waals surface area contributed by atoms with E-state index in [1.165, 1.54) is 0 Å². The molecule has 7 nitrogen and oxygen atoms in total. The van der Waals surface area contributed by atoms with Crippen molar-refractivity contribution < 1.29 is 27.9 Å². The van der Waals surface area contributed by atoms with Gasteiger partial charge in [-0.25, -0.2) is 8.42 Å². The number of benzene rings is 1. The molecule has 1 amide bonds. The van der Waals surface area contributed by atoms with Crippen molar-refractivity contribution in [3.05, 3.63) is 35.9 Å². The number of carbonyl (C=O) groups excluding carboxylic acids is 1. The Morgan fingerprint density at radius 1 is 1.15 bits per heavy atom. The molecule has 26 heavy (non-hydrogen) atoms. The molecule has 1 saturated heterocycles. The number of carbonyl (C=O) groups is 2. The van der Waals surface area contributed by atoms with Crippen LogP contribution in [0.5, 0.6) is 0 Å². The second-order valence-corrected chi connectivity index (χ2v) is 8.84. The van der Waals surface area contributed by atoms with Crippen LogP contribution in [0.2, 0.25) is 0 Å². The van der Waals surface area contributed by atoms with Crippen LogP contribution in [0.15, 0.2) is 30.3 Å². The summed E-state index contributed by atoms with van der Waals surface area (Å²) >= 11 is 0. The van der Waals surface area contributed by atoms with Crippen LogP contribution in [0.3, 0.4) is 0 Å². The van der Waals surface area contributed by atoms with E-state index >= 15 is 0 Å². The summed E-state index contributed by atoms with van der Waals surface area (Å²) in [4.78, 5) is 23.5. The Labute approximate surface area is 153 Å². The van der Waals surface area contributed by atoms with Gasteiger partial charge in [-0.2, -0.15) is 0 Å². The second kappa shape index (κ2) is 9.14. The third-order valence-electron chi connectivity index (χ3n) is 4.64. The zero-order valence-electron chi connectivity index (χ0n) is 14.6. The molecule has 2 rings (SSSR count). The number of aryl methyl sites for hydroxylation is 1. The monoisotopic (exact) mass is 383 g/mol. The van der Waals surface area contributed by atoms with Crippen molar-refractivity contribution in [2.75, 3.05) is 31.3 Å². The topological polar surface area (TPSA) is 110 Å². The number of carboxylic acid groups (broad SMARTS) is 1. The molecule has 1 fully saturated rings. The summed E-state index contributed by atoms with van der Waals surface area (Å²) in [5.74, 6) is -2.34. The van der Waals surface area contributed by atoms with Crippen LogP contribution in [-0.2, 0) is 30.6 Å². The van der Waals surface area contributed by atoms with Gasteiger partial charge in [-0.15, -0.1) is 0 Å². The third kappa shape index (κ3) is 6.10. The Morgan fingerprint density at radius 3 is 2.42 bits per heavy atom. The Hall–Kier alpha value is -1.93. The summed E-state index contributed by atoms with van der Waals surface area (Å²) in [6.45, 7) is 0.559. The SMILES string of the molecule is O=C(CS(=O)(=O)CCCc1ccccc1)NCC1(C(=O)O)CCOCC1. The number of carboxylic acids is 1. The average molecular weight is 383 g/mol. The molecule has 1 aromatic carbocycles. The van der Waals surface area contributed by atoms with Crippen LogP contribution < -0.4 is 5.32 Å².